The van der Waals surface area contributed by atoms with Crippen molar-refractivity contribution in [2.75, 3.05) is 6.61 Å². The first-order valence-electron chi connectivity index (χ1n) is 9.37. The van der Waals surface area contributed by atoms with Gasteiger partial charge in [-0.25, -0.2) is 0 Å². The molecule has 28 heavy (non-hydrogen) atoms. The van der Waals surface area contributed by atoms with Crippen LogP contribution in [0.2, 0.25) is 0 Å². The average molecular weight is 398 g/mol. The number of alkyl halides is 3. The number of carbonyl (C=O) groups excluding carboxylic acids is 1. The highest BCUT2D eigenvalue weighted by molar-refractivity contribution is 5.93. The van der Waals surface area contributed by atoms with Crippen LogP contribution in [0.3, 0.4) is 0 Å². The minimum Gasteiger partial charge on any atom is -0.484 e. The van der Waals surface area contributed by atoms with Crippen molar-refractivity contribution in [1.82, 2.24) is 5.01 Å². The Morgan fingerprint density at radius 3 is 2.46 bits per heavy atom. The van der Waals surface area contributed by atoms with E-state index in [4.69, 9.17) is 4.74 Å². The van der Waals surface area contributed by atoms with Crippen molar-refractivity contribution in [3.63, 3.8) is 0 Å². The molecule has 1 amide bonds. The number of halogens is 3. The molecule has 1 aliphatic carbocycles. The van der Waals surface area contributed by atoms with E-state index in [9.17, 15) is 23.1 Å². The molecule has 0 aromatic heterocycles. The molecule has 0 bridgehead atoms. The number of hydrogen-bond acceptors (Lipinski definition) is 4. The first-order chi connectivity index (χ1) is 12.9. The molecule has 1 fully saturated rings. The van der Waals surface area contributed by atoms with Gasteiger partial charge < -0.3 is 9.84 Å². The summed E-state index contributed by atoms with van der Waals surface area (Å²) in [4.78, 5) is 12.5. The summed E-state index contributed by atoms with van der Waals surface area (Å²) in [5.41, 5.74) is -2.07. The van der Waals surface area contributed by atoms with E-state index >= 15 is 0 Å². The molecule has 5 nitrogen and oxygen atoms in total. The van der Waals surface area contributed by atoms with Crippen LogP contribution in [-0.4, -0.2) is 40.2 Å². The number of aliphatic hydroxyl groups is 1. The Morgan fingerprint density at radius 1 is 1.25 bits per heavy atom. The third kappa shape index (κ3) is 3.62. The van der Waals surface area contributed by atoms with Crippen molar-refractivity contribution >= 4 is 11.6 Å². The zero-order valence-electron chi connectivity index (χ0n) is 16.2. The van der Waals surface area contributed by atoms with E-state index in [1.165, 1.54) is 0 Å². The maximum absolute atomic E-state index is 13.7. The van der Waals surface area contributed by atoms with Gasteiger partial charge in [0.1, 0.15) is 5.75 Å². The number of hydrogen-bond donors (Lipinski definition) is 1. The Labute approximate surface area is 162 Å². The van der Waals surface area contributed by atoms with E-state index in [1.807, 2.05) is 12.1 Å². The molecule has 1 aromatic carbocycles. The average Bonchev–Trinajstić information content (AvgIpc) is 2.94. The molecule has 1 saturated carbocycles. The largest absolute Gasteiger partial charge is 0.484 e. The number of nitrogens with zero attached hydrogens (tertiary/aromatic N) is 2. The molecule has 1 aliphatic heterocycles. The second-order valence-corrected chi connectivity index (χ2v) is 8.38. The summed E-state index contributed by atoms with van der Waals surface area (Å²) >= 11 is 0. The number of benzene rings is 1. The Morgan fingerprint density at radius 2 is 1.89 bits per heavy atom. The normalized spacial score (nSPS) is 25.3. The van der Waals surface area contributed by atoms with Gasteiger partial charge in [-0.3, -0.25) is 4.79 Å². The van der Waals surface area contributed by atoms with Gasteiger partial charge in [0.2, 0.25) is 0 Å². The lowest BCUT2D eigenvalue weighted by atomic mass is 9.80. The first kappa shape index (κ1) is 20.6. The Bertz CT molecular complexity index is 768. The van der Waals surface area contributed by atoms with Crippen LogP contribution in [0.1, 0.15) is 52.0 Å². The van der Waals surface area contributed by atoms with Gasteiger partial charge in [0.05, 0.1) is 5.92 Å². The van der Waals surface area contributed by atoms with Crippen molar-refractivity contribution < 1.29 is 27.8 Å². The molecule has 0 saturated heterocycles. The first-order valence-corrected chi connectivity index (χ1v) is 9.37. The van der Waals surface area contributed by atoms with Crippen molar-refractivity contribution in [2.24, 2.45) is 11.0 Å². The van der Waals surface area contributed by atoms with Gasteiger partial charge in [0, 0.05) is 5.71 Å². The molecule has 0 unspecified atom stereocenters. The van der Waals surface area contributed by atoms with E-state index in [0.717, 1.165) is 5.56 Å². The van der Waals surface area contributed by atoms with E-state index in [2.05, 4.69) is 25.9 Å². The molecular weight excluding hydrogens is 373 g/mol. The molecule has 0 radical (unpaired) electrons. The lowest BCUT2D eigenvalue weighted by Crippen LogP contribution is -2.62. The van der Waals surface area contributed by atoms with Crippen LogP contribution in [0.4, 0.5) is 13.2 Å². The second kappa shape index (κ2) is 7.06. The quantitative estimate of drug-likeness (QED) is 0.837. The number of hydrazone groups is 1. The second-order valence-electron chi connectivity index (χ2n) is 8.38. The van der Waals surface area contributed by atoms with E-state index < -0.39 is 30.3 Å². The molecule has 2 aliphatic rings. The summed E-state index contributed by atoms with van der Waals surface area (Å²) < 4.78 is 46.4. The summed E-state index contributed by atoms with van der Waals surface area (Å²) in [5.74, 6) is -1.88. The highest BCUT2D eigenvalue weighted by Gasteiger charge is 2.68. The monoisotopic (exact) mass is 398 g/mol. The number of ether oxygens (including phenoxy) is 1. The van der Waals surface area contributed by atoms with Crippen LogP contribution >= 0.6 is 0 Å². The molecule has 2 atom stereocenters. The minimum absolute atomic E-state index is 0.0561. The van der Waals surface area contributed by atoms with Crippen molar-refractivity contribution in [3.05, 3.63) is 29.8 Å². The Kier molecular flexibility index (Phi) is 5.20. The number of fused-ring (bicyclic) bond motifs is 1. The SMILES string of the molecule is CC(C)(C)c1ccc(OCC(=O)N2N=C3CCCC[C@H]3[C@@]2(O)C(F)(F)F)cc1. The van der Waals surface area contributed by atoms with Crippen molar-refractivity contribution in [2.45, 2.75) is 63.8 Å². The van der Waals surface area contributed by atoms with Gasteiger partial charge in [0.15, 0.2) is 6.61 Å². The number of amides is 1. The summed E-state index contributed by atoms with van der Waals surface area (Å²) in [7, 11) is 0. The van der Waals surface area contributed by atoms with E-state index in [0.29, 0.717) is 25.0 Å². The van der Waals surface area contributed by atoms with E-state index in [1.54, 1.807) is 12.1 Å². The molecule has 1 heterocycles. The van der Waals surface area contributed by atoms with Crippen LogP contribution in [0.25, 0.3) is 0 Å². The highest BCUT2D eigenvalue weighted by atomic mass is 19.4. The Balaban J connectivity index is 1.74. The van der Waals surface area contributed by atoms with Gasteiger partial charge >= 0.3 is 6.18 Å². The standard InChI is InChI=1S/C20H25F3N2O3/c1-18(2,3)13-8-10-14(11-9-13)28-12-17(26)25-19(27,20(21,22)23)15-6-4-5-7-16(15)24-25/h8-11,15,27H,4-7,12H2,1-3H3/t15-,19-/m1/s1. The third-order valence-corrected chi connectivity index (χ3v) is 5.35. The highest BCUT2D eigenvalue weighted by Crippen LogP contribution is 2.48. The van der Waals surface area contributed by atoms with Gasteiger partial charge in [-0.1, -0.05) is 39.3 Å². The summed E-state index contributed by atoms with van der Waals surface area (Å²) in [6.45, 7) is 5.51. The summed E-state index contributed by atoms with van der Waals surface area (Å²) in [6.07, 6.45) is -3.26. The lowest BCUT2D eigenvalue weighted by Gasteiger charge is -2.38. The zero-order chi connectivity index (χ0) is 20.7. The van der Waals surface area contributed by atoms with Crippen LogP contribution in [-0.2, 0) is 10.2 Å². The number of carbonyl (C=O) groups is 1. The zero-order valence-corrected chi connectivity index (χ0v) is 16.2. The van der Waals surface area contributed by atoms with Gasteiger partial charge in [-0.05, 0) is 42.4 Å². The predicted octanol–water partition coefficient (Wildman–Crippen LogP) is 4.00. The maximum Gasteiger partial charge on any atom is 0.439 e. The molecule has 1 N–H and O–H groups in total. The molecule has 8 heteroatoms. The summed E-state index contributed by atoms with van der Waals surface area (Å²) in [6, 6.07) is 7.02. The molecule has 0 spiro atoms. The lowest BCUT2D eigenvalue weighted by molar-refractivity contribution is -0.317. The van der Waals surface area contributed by atoms with Crippen molar-refractivity contribution in [3.8, 4) is 5.75 Å². The molecule has 1 aromatic rings. The Hall–Kier alpha value is -2.09. The minimum atomic E-state index is -5.01. The molecular formula is C20H25F3N2O3. The summed E-state index contributed by atoms with van der Waals surface area (Å²) in [5, 5.41) is 14.5. The fraction of sp³-hybridized carbons (Fsp3) is 0.600. The van der Waals surface area contributed by atoms with Gasteiger partial charge in [0.25, 0.3) is 11.6 Å². The van der Waals surface area contributed by atoms with Crippen LogP contribution < -0.4 is 4.74 Å². The van der Waals surface area contributed by atoms with Crippen molar-refractivity contribution in [1.29, 1.82) is 0 Å². The topological polar surface area (TPSA) is 62.1 Å². The van der Waals surface area contributed by atoms with Gasteiger partial charge in [-0.2, -0.15) is 23.3 Å². The van der Waals surface area contributed by atoms with Crippen LogP contribution in [0.15, 0.2) is 29.4 Å². The number of rotatable bonds is 3. The smallest absolute Gasteiger partial charge is 0.439 e. The molecule has 154 valence electrons. The third-order valence-electron chi connectivity index (χ3n) is 5.35. The fourth-order valence-corrected chi connectivity index (χ4v) is 3.72. The fourth-order valence-electron chi connectivity index (χ4n) is 3.72. The van der Waals surface area contributed by atoms with Gasteiger partial charge in [-0.15, -0.1) is 0 Å². The molecule has 3 rings (SSSR count). The van der Waals surface area contributed by atoms with Crippen LogP contribution in [0, 0.1) is 5.92 Å². The van der Waals surface area contributed by atoms with Crippen LogP contribution in [0.5, 0.6) is 5.75 Å². The predicted molar refractivity (Wildman–Crippen MR) is 97.9 cm³/mol. The van der Waals surface area contributed by atoms with E-state index in [-0.39, 0.29) is 22.6 Å². The maximum atomic E-state index is 13.7.